The molecule has 0 saturated carbocycles. The predicted octanol–water partition coefficient (Wildman–Crippen LogP) is 3.98. The normalized spacial score (nSPS) is 9.93. The van der Waals surface area contributed by atoms with Crippen molar-refractivity contribution in [1.82, 2.24) is 0 Å². The summed E-state index contributed by atoms with van der Waals surface area (Å²) >= 11 is 2.33. The zero-order chi connectivity index (χ0) is 10.6. The van der Waals surface area contributed by atoms with E-state index in [1.807, 2.05) is 0 Å². The Bertz CT molecular complexity index is 331. The third-order valence-corrected chi connectivity index (χ3v) is 2.90. The van der Waals surface area contributed by atoms with Gasteiger partial charge in [0.05, 0.1) is 0 Å². The van der Waals surface area contributed by atoms with Crippen LogP contribution in [-0.2, 0) is 0 Å². The Labute approximate surface area is 99.7 Å². The van der Waals surface area contributed by atoms with Crippen molar-refractivity contribution in [2.45, 2.75) is 20.3 Å². The second kappa shape index (κ2) is 5.39. The van der Waals surface area contributed by atoms with Crippen LogP contribution in [0.4, 0.5) is 5.69 Å². The van der Waals surface area contributed by atoms with Gasteiger partial charge >= 0.3 is 0 Å². The molecular formula is C12H16IN. The Morgan fingerprint density at radius 3 is 2.86 bits per heavy atom. The molecule has 1 aromatic rings. The Morgan fingerprint density at radius 1 is 1.50 bits per heavy atom. The number of benzene rings is 1. The van der Waals surface area contributed by atoms with Crippen molar-refractivity contribution in [3.8, 4) is 0 Å². The number of nitrogens with one attached hydrogen (secondary N) is 1. The fourth-order valence-corrected chi connectivity index (χ4v) is 1.62. The SMILES string of the molecule is C=C(CC)CNc1cc(I)ccc1C. The van der Waals surface area contributed by atoms with Gasteiger partial charge in [-0.15, -0.1) is 0 Å². The van der Waals surface area contributed by atoms with Crippen LogP contribution in [0.25, 0.3) is 0 Å². The highest BCUT2D eigenvalue weighted by Gasteiger charge is 1.98. The molecule has 1 N–H and O–H groups in total. The van der Waals surface area contributed by atoms with Gasteiger partial charge in [0.1, 0.15) is 0 Å². The molecule has 1 nitrogen and oxygen atoms in total. The van der Waals surface area contributed by atoms with E-state index >= 15 is 0 Å². The average molecular weight is 301 g/mol. The van der Waals surface area contributed by atoms with Gasteiger partial charge in [-0.05, 0) is 53.6 Å². The van der Waals surface area contributed by atoms with E-state index in [1.54, 1.807) is 0 Å². The molecule has 1 aromatic carbocycles. The molecule has 0 aliphatic carbocycles. The first-order chi connectivity index (χ1) is 6.63. The molecule has 0 saturated heterocycles. The van der Waals surface area contributed by atoms with Crippen LogP contribution >= 0.6 is 22.6 Å². The third-order valence-electron chi connectivity index (χ3n) is 2.23. The van der Waals surface area contributed by atoms with Gasteiger partial charge in [-0.2, -0.15) is 0 Å². The third kappa shape index (κ3) is 3.33. The van der Waals surface area contributed by atoms with Crippen molar-refractivity contribution in [2.24, 2.45) is 0 Å². The molecule has 0 bridgehead atoms. The summed E-state index contributed by atoms with van der Waals surface area (Å²) in [5.74, 6) is 0. The molecule has 14 heavy (non-hydrogen) atoms. The maximum atomic E-state index is 3.98. The number of hydrogen-bond donors (Lipinski definition) is 1. The zero-order valence-corrected chi connectivity index (χ0v) is 10.9. The summed E-state index contributed by atoms with van der Waals surface area (Å²) in [6, 6.07) is 6.42. The zero-order valence-electron chi connectivity index (χ0n) is 8.73. The molecule has 0 heterocycles. The first-order valence-corrected chi connectivity index (χ1v) is 5.88. The summed E-state index contributed by atoms with van der Waals surface area (Å²) in [6.45, 7) is 9.10. The van der Waals surface area contributed by atoms with E-state index in [0.717, 1.165) is 13.0 Å². The highest BCUT2D eigenvalue weighted by Crippen LogP contribution is 2.18. The highest BCUT2D eigenvalue weighted by atomic mass is 127. The van der Waals surface area contributed by atoms with Gasteiger partial charge in [-0.3, -0.25) is 0 Å². The Morgan fingerprint density at radius 2 is 2.21 bits per heavy atom. The average Bonchev–Trinajstić information content (AvgIpc) is 2.19. The molecule has 0 atom stereocenters. The molecular weight excluding hydrogens is 285 g/mol. The van der Waals surface area contributed by atoms with Gasteiger partial charge in [0, 0.05) is 15.8 Å². The second-order valence-corrected chi connectivity index (χ2v) is 4.66. The monoisotopic (exact) mass is 301 g/mol. The predicted molar refractivity (Wildman–Crippen MR) is 71.8 cm³/mol. The summed E-state index contributed by atoms with van der Waals surface area (Å²) in [5, 5.41) is 3.40. The van der Waals surface area contributed by atoms with Crippen LogP contribution in [-0.4, -0.2) is 6.54 Å². The first-order valence-electron chi connectivity index (χ1n) is 4.80. The van der Waals surface area contributed by atoms with Crippen molar-refractivity contribution < 1.29 is 0 Å². The van der Waals surface area contributed by atoms with Gasteiger partial charge in [0.25, 0.3) is 0 Å². The van der Waals surface area contributed by atoms with E-state index in [4.69, 9.17) is 0 Å². The molecule has 76 valence electrons. The van der Waals surface area contributed by atoms with Crippen molar-refractivity contribution >= 4 is 28.3 Å². The largest absolute Gasteiger partial charge is 0.381 e. The van der Waals surface area contributed by atoms with Gasteiger partial charge in [-0.25, -0.2) is 0 Å². The summed E-state index contributed by atoms with van der Waals surface area (Å²) in [5.41, 5.74) is 3.74. The first kappa shape index (κ1) is 11.6. The minimum atomic E-state index is 0.872. The van der Waals surface area contributed by atoms with Crippen LogP contribution in [0.15, 0.2) is 30.4 Å². The lowest BCUT2D eigenvalue weighted by Gasteiger charge is -2.10. The van der Waals surface area contributed by atoms with Crippen LogP contribution in [0.1, 0.15) is 18.9 Å². The van der Waals surface area contributed by atoms with Gasteiger partial charge in [-0.1, -0.05) is 25.1 Å². The van der Waals surface area contributed by atoms with Crippen molar-refractivity contribution in [3.05, 3.63) is 39.5 Å². The van der Waals surface area contributed by atoms with E-state index in [1.165, 1.54) is 20.4 Å². The lowest BCUT2D eigenvalue weighted by Crippen LogP contribution is -2.04. The van der Waals surface area contributed by atoms with E-state index in [9.17, 15) is 0 Å². The van der Waals surface area contributed by atoms with Crippen molar-refractivity contribution in [1.29, 1.82) is 0 Å². The molecule has 0 aliphatic heterocycles. The van der Waals surface area contributed by atoms with E-state index < -0.39 is 0 Å². The van der Waals surface area contributed by atoms with E-state index in [-0.39, 0.29) is 0 Å². The van der Waals surface area contributed by atoms with Crippen molar-refractivity contribution in [2.75, 3.05) is 11.9 Å². The topological polar surface area (TPSA) is 12.0 Å². The molecule has 0 fully saturated rings. The van der Waals surface area contributed by atoms with E-state index in [2.05, 4.69) is 66.5 Å². The molecule has 0 aromatic heterocycles. The van der Waals surface area contributed by atoms with Crippen LogP contribution in [0.3, 0.4) is 0 Å². The van der Waals surface area contributed by atoms with Crippen LogP contribution in [0.2, 0.25) is 0 Å². The van der Waals surface area contributed by atoms with E-state index in [0.29, 0.717) is 0 Å². The maximum absolute atomic E-state index is 3.98. The summed E-state index contributed by atoms with van der Waals surface area (Å²) in [4.78, 5) is 0. The smallest absolute Gasteiger partial charge is 0.0383 e. The molecule has 0 amide bonds. The van der Waals surface area contributed by atoms with Gasteiger partial charge < -0.3 is 5.32 Å². The Balaban J connectivity index is 2.66. The number of halogens is 1. The maximum Gasteiger partial charge on any atom is 0.0383 e. The minimum absolute atomic E-state index is 0.872. The lowest BCUT2D eigenvalue weighted by molar-refractivity contribution is 1.05. The Kier molecular flexibility index (Phi) is 4.45. The number of rotatable bonds is 4. The van der Waals surface area contributed by atoms with Crippen LogP contribution in [0.5, 0.6) is 0 Å². The fraction of sp³-hybridized carbons (Fsp3) is 0.333. The lowest BCUT2D eigenvalue weighted by atomic mass is 10.2. The molecule has 1 rings (SSSR count). The number of aryl methyl sites for hydroxylation is 1. The minimum Gasteiger partial charge on any atom is -0.381 e. The quantitative estimate of drug-likeness (QED) is 0.655. The standard InChI is InChI=1S/C12H16IN/c1-4-9(2)8-14-12-7-11(13)6-5-10(12)3/h5-7,14H,2,4,8H2,1,3H3. The van der Waals surface area contributed by atoms with Crippen LogP contribution in [0, 0.1) is 10.5 Å². The second-order valence-electron chi connectivity index (χ2n) is 3.42. The summed E-state index contributed by atoms with van der Waals surface area (Å²) in [7, 11) is 0. The summed E-state index contributed by atoms with van der Waals surface area (Å²) in [6.07, 6.45) is 1.04. The molecule has 0 aliphatic rings. The molecule has 0 spiro atoms. The molecule has 2 heteroatoms. The molecule has 0 unspecified atom stereocenters. The molecule has 0 radical (unpaired) electrons. The number of hydrogen-bond acceptors (Lipinski definition) is 1. The van der Waals surface area contributed by atoms with Crippen LogP contribution < -0.4 is 5.32 Å². The van der Waals surface area contributed by atoms with Crippen molar-refractivity contribution in [3.63, 3.8) is 0 Å². The Hall–Kier alpha value is -0.510. The summed E-state index contributed by atoms with van der Waals surface area (Å²) < 4.78 is 1.26. The number of anilines is 1. The highest BCUT2D eigenvalue weighted by molar-refractivity contribution is 14.1. The van der Waals surface area contributed by atoms with Gasteiger partial charge in [0.2, 0.25) is 0 Å². The fourth-order valence-electron chi connectivity index (χ4n) is 1.13. The van der Waals surface area contributed by atoms with Gasteiger partial charge in [0.15, 0.2) is 0 Å².